The van der Waals surface area contributed by atoms with Crippen LogP contribution in [0.3, 0.4) is 0 Å². The molecule has 0 N–H and O–H groups in total. The zero-order valence-corrected chi connectivity index (χ0v) is 13.5. The number of nitrogens with zero attached hydrogens (tertiary/aromatic N) is 2. The molecule has 0 unspecified atom stereocenters. The molecule has 4 nitrogen and oxygen atoms in total. The van der Waals surface area contributed by atoms with Crippen LogP contribution in [-0.4, -0.2) is 16.8 Å². The third-order valence-electron chi connectivity index (χ3n) is 2.46. The highest BCUT2D eigenvalue weighted by Gasteiger charge is 2.20. The molecule has 0 radical (unpaired) electrons. The van der Waals surface area contributed by atoms with Gasteiger partial charge < -0.3 is 9.47 Å². The van der Waals surface area contributed by atoms with Crippen molar-refractivity contribution in [3.8, 4) is 22.9 Å². The summed E-state index contributed by atoms with van der Waals surface area (Å²) < 4.78 is 11.1. The lowest BCUT2D eigenvalue weighted by atomic mass is 10.2. The summed E-state index contributed by atoms with van der Waals surface area (Å²) in [5.41, 5.74) is 0.662. The van der Waals surface area contributed by atoms with Crippen molar-refractivity contribution in [3.05, 3.63) is 31.0 Å². The van der Waals surface area contributed by atoms with Crippen LogP contribution in [0.2, 0.25) is 15.3 Å². The van der Waals surface area contributed by atoms with Gasteiger partial charge in [0.25, 0.3) is 0 Å². The standard InChI is InChI=1S/C11H4Cl3IN2O2/c12-5-1-4(2-6-8(5)19-3-18-6)11-16-9(13)7(15)10(14)17-11/h1-2H,3H2. The second-order valence-corrected chi connectivity index (χ2v) is 5.84. The molecule has 1 aromatic heterocycles. The predicted molar refractivity (Wildman–Crippen MR) is 81.3 cm³/mol. The van der Waals surface area contributed by atoms with Crippen molar-refractivity contribution < 1.29 is 9.47 Å². The second-order valence-electron chi connectivity index (χ2n) is 3.63. The van der Waals surface area contributed by atoms with Crippen molar-refractivity contribution in [1.82, 2.24) is 9.97 Å². The molecular formula is C11H4Cl3IN2O2. The lowest BCUT2D eigenvalue weighted by Crippen LogP contribution is -1.94. The number of hydrogen-bond donors (Lipinski definition) is 0. The fraction of sp³-hybridized carbons (Fsp3) is 0.0909. The monoisotopic (exact) mass is 428 g/mol. The first-order chi connectivity index (χ1) is 9.06. The number of ether oxygens (including phenoxy) is 2. The van der Waals surface area contributed by atoms with Crippen molar-refractivity contribution >= 4 is 57.4 Å². The van der Waals surface area contributed by atoms with Gasteiger partial charge in [-0.1, -0.05) is 34.8 Å². The van der Waals surface area contributed by atoms with Crippen LogP contribution in [0.4, 0.5) is 0 Å². The van der Waals surface area contributed by atoms with E-state index in [0.29, 0.717) is 41.8 Å². The zero-order chi connectivity index (χ0) is 13.6. The maximum Gasteiger partial charge on any atom is 0.231 e. The topological polar surface area (TPSA) is 44.2 Å². The van der Waals surface area contributed by atoms with Gasteiger partial charge >= 0.3 is 0 Å². The molecular weight excluding hydrogens is 425 g/mol. The minimum atomic E-state index is 0.146. The van der Waals surface area contributed by atoms with E-state index in [-0.39, 0.29) is 6.79 Å². The summed E-state index contributed by atoms with van der Waals surface area (Å²) in [6.45, 7) is 0.146. The van der Waals surface area contributed by atoms with E-state index in [1.165, 1.54) is 0 Å². The minimum Gasteiger partial charge on any atom is -0.454 e. The molecule has 98 valence electrons. The Balaban J connectivity index is 2.15. The lowest BCUT2D eigenvalue weighted by Gasteiger charge is -2.06. The van der Waals surface area contributed by atoms with Gasteiger partial charge in [0.15, 0.2) is 17.3 Å². The Kier molecular flexibility index (Phi) is 3.63. The van der Waals surface area contributed by atoms with Crippen molar-refractivity contribution in [1.29, 1.82) is 0 Å². The van der Waals surface area contributed by atoms with E-state index < -0.39 is 0 Å². The summed E-state index contributed by atoms with van der Waals surface area (Å²) >= 11 is 20.1. The number of hydrogen-bond acceptors (Lipinski definition) is 4. The number of fused-ring (bicyclic) bond motifs is 1. The van der Waals surface area contributed by atoms with Crippen LogP contribution in [0.5, 0.6) is 11.5 Å². The highest BCUT2D eigenvalue weighted by atomic mass is 127. The first-order valence-electron chi connectivity index (χ1n) is 5.04. The molecule has 19 heavy (non-hydrogen) atoms. The molecule has 8 heteroatoms. The molecule has 1 aromatic carbocycles. The Morgan fingerprint density at radius 2 is 1.74 bits per heavy atom. The average Bonchev–Trinajstić information content (AvgIpc) is 2.84. The maximum absolute atomic E-state index is 6.11. The Bertz CT molecular complexity index is 658. The van der Waals surface area contributed by atoms with Gasteiger partial charge in [0.05, 0.1) is 8.59 Å². The van der Waals surface area contributed by atoms with E-state index >= 15 is 0 Å². The van der Waals surface area contributed by atoms with Crippen molar-refractivity contribution in [2.24, 2.45) is 0 Å². The fourth-order valence-electron chi connectivity index (χ4n) is 1.62. The molecule has 1 aliphatic heterocycles. The third-order valence-corrected chi connectivity index (χ3v) is 4.94. The summed E-state index contributed by atoms with van der Waals surface area (Å²) in [5, 5.41) is 1.02. The van der Waals surface area contributed by atoms with Gasteiger partial charge in [-0.05, 0) is 34.7 Å². The molecule has 0 bridgehead atoms. The van der Waals surface area contributed by atoms with E-state index in [1.807, 2.05) is 22.6 Å². The van der Waals surface area contributed by atoms with Gasteiger partial charge in [-0.15, -0.1) is 0 Å². The van der Waals surface area contributed by atoms with E-state index in [4.69, 9.17) is 44.3 Å². The van der Waals surface area contributed by atoms with Crippen LogP contribution in [0.15, 0.2) is 12.1 Å². The molecule has 0 atom stereocenters. The zero-order valence-electron chi connectivity index (χ0n) is 9.08. The quantitative estimate of drug-likeness (QED) is 0.497. The number of aromatic nitrogens is 2. The summed E-state index contributed by atoms with van der Waals surface area (Å²) in [4.78, 5) is 8.36. The molecule has 0 saturated heterocycles. The highest BCUT2D eigenvalue weighted by molar-refractivity contribution is 14.1. The minimum absolute atomic E-state index is 0.146. The van der Waals surface area contributed by atoms with Gasteiger partial charge in [0.2, 0.25) is 6.79 Å². The SMILES string of the molecule is Clc1cc(-c2nc(Cl)c(I)c(Cl)n2)cc2c1OCO2. The molecule has 0 amide bonds. The molecule has 1 aliphatic rings. The van der Waals surface area contributed by atoms with Crippen molar-refractivity contribution in [3.63, 3.8) is 0 Å². The third kappa shape index (κ3) is 2.44. The molecule has 0 aliphatic carbocycles. The molecule has 3 rings (SSSR count). The Hall–Kier alpha value is -0.500. The van der Waals surface area contributed by atoms with Crippen LogP contribution in [-0.2, 0) is 0 Å². The summed E-state index contributed by atoms with van der Waals surface area (Å²) in [6, 6.07) is 3.42. The van der Waals surface area contributed by atoms with Crippen LogP contribution >= 0.6 is 57.4 Å². The maximum atomic E-state index is 6.11. The van der Waals surface area contributed by atoms with Crippen LogP contribution in [0.1, 0.15) is 0 Å². The first kappa shape index (κ1) is 13.5. The fourth-order valence-corrected chi connectivity index (χ4v) is 2.51. The van der Waals surface area contributed by atoms with Gasteiger partial charge in [0.1, 0.15) is 10.3 Å². The van der Waals surface area contributed by atoms with Crippen molar-refractivity contribution in [2.45, 2.75) is 0 Å². The van der Waals surface area contributed by atoms with Crippen LogP contribution < -0.4 is 9.47 Å². The summed E-state index contributed by atoms with van der Waals surface area (Å²) in [7, 11) is 0. The normalized spacial score (nSPS) is 12.8. The molecule has 0 spiro atoms. The van der Waals surface area contributed by atoms with Gasteiger partial charge in [0, 0.05) is 5.56 Å². The second kappa shape index (κ2) is 5.12. The van der Waals surface area contributed by atoms with Crippen LogP contribution in [0.25, 0.3) is 11.4 Å². The van der Waals surface area contributed by atoms with Crippen LogP contribution in [0, 0.1) is 3.57 Å². The molecule has 0 saturated carbocycles. The Labute approximate surface area is 137 Å². The van der Waals surface area contributed by atoms with Gasteiger partial charge in [-0.25, -0.2) is 9.97 Å². The number of rotatable bonds is 1. The number of benzene rings is 1. The van der Waals surface area contributed by atoms with Gasteiger partial charge in [-0.3, -0.25) is 0 Å². The molecule has 2 heterocycles. The summed E-state index contributed by atoms with van der Waals surface area (Å²) in [5.74, 6) is 1.46. The van der Waals surface area contributed by atoms with Gasteiger partial charge in [-0.2, -0.15) is 0 Å². The van der Waals surface area contributed by atoms with Crippen molar-refractivity contribution in [2.75, 3.05) is 6.79 Å². The first-order valence-corrected chi connectivity index (χ1v) is 7.25. The largest absolute Gasteiger partial charge is 0.454 e. The summed E-state index contributed by atoms with van der Waals surface area (Å²) in [6.07, 6.45) is 0. The van der Waals surface area contributed by atoms with E-state index in [1.54, 1.807) is 12.1 Å². The average molecular weight is 429 g/mol. The van der Waals surface area contributed by atoms with E-state index in [9.17, 15) is 0 Å². The lowest BCUT2D eigenvalue weighted by molar-refractivity contribution is 0.174. The Morgan fingerprint density at radius 1 is 1.05 bits per heavy atom. The smallest absolute Gasteiger partial charge is 0.231 e. The molecule has 0 fully saturated rings. The highest BCUT2D eigenvalue weighted by Crippen LogP contribution is 2.42. The van der Waals surface area contributed by atoms with E-state index in [0.717, 1.165) is 0 Å². The predicted octanol–water partition coefficient (Wildman–Crippen LogP) is 4.44. The van der Waals surface area contributed by atoms with E-state index in [2.05, 4.69) is 9.97 Å². The Morgan fingerprint density at radius 3 is 2.42 bits per heavy atom. The molecule has 2 aromatic rings. The number of halogens is 4.